The molecule has 306 valence electrons. The van der Waals surface area contributed by atoms with E-state index in [1.807, 2.05) is 133 Å². The van der Waals surface area contributed by atoms with E-state index in [0.717, 1.165) is 41.0 Å². The van der Waals surface area contributed by atoms with Crippen molar-refractivity contribution in [1.29, 1.82) is 0 Å². The fourth-order valence-electron chi connectivity index (χ4n) is 7.85. The van der Waals surface area contributed by atoms with Crippen molar-refractivity contribution in [1.82, 2.24) is 24.5 Å². The van der Waals surface area contributed by atoms with Gasteiger partial charge in [0.2, 0.25) is 0 Å². The molecule has 10 rings (SSSR count). The minimum absolute atomic E-state index is 0.0635. The van der Waals surface area contributed by atoms with E-state index in [0.29, 0.717) is 61.9 Å². The second-order valence-corrected chi connectivity index (χ2v) is 14.9. The zero-order valence-corrected chi connectivity index (χ0v) is 32.9. The summed E-state index contributed by atoms with van der Waals surface area (Å²) in [5.74, 6) is 0.822. The first-order chi connectivity index (χ1) is 30.5. The van der Waals surface area contributed by atoms with Crippen LogP contribution in [-0.4, -0.2) is 24.5 Å². The highest BCUT2D eigenvalue weighted by molar-refractivity contribution is 6.10. The second-order valence-electron chi connectivity index (χ2n) is 14.9. The lowest BCUT2D eigenvalue weighted by Crippen LogP contribution is -2.06. The molecule has 63 heavy (non-hydrogen) atoms. The number of alkyl halides is 6. The van der Waals surface area contributed by atoms with Gasteiger partial charge >= 0.3 is 12.4 Å². The van der Waals surface area contributed by atoms with Crippen LogP contribution in [0.4, 0.5) is 26.3 Å². The predicted octanol–water partition coefficient (Wildman–Crippen LogP) is 14.4. The summed E-state index contributed by atoms with van der Waals surface area (Å²) >= 11 is 0. The van der Waals surface area contributed by atoms with E-state index in [2.05, 4.69) is 0 Å². The lowest BCUT2D eigenvalue weighted by Gasteiger charge is -2.18. The smallest absolute Gasteiger partial charge is 0.309 e. The third-order valence-electron chi connectivity index (χ3n) is 10.9. The van der Waals surface area contributed by atoms with Crippen molar-refractivity contribution in [3.63, 3.8) is 0 Å². The molecule has 11 heteroatoms. The molecule has 5 nitrogen and oxygen atoms in total. The minimum Gasteiger partial charge on any atom is -0.309 e. The van der Waals surface area contributed by atoms with Gasteiger partial charge in [0.05, 0.1) is 50.6 Å². The van der Waals surface area contributed by atoms with E-state index in [9.17, 15) is 26.3 Å². The van der Waals surface area contributed by atoms with Crippen molar-refractivity contribution in [3.8, 4) is 73.5 Å². The summed E-state index contributed by atoms with van der Waals surface area (Å²) in [5.41, 5.74) is 4.70. The van der Waals surface area contributed by atoms with E-state index in [-0.39, 0.29) is 16.7 Å². The van der Waals surface area contributed by atoms with Gasteiger partial charge in [-0.05, 0) is 48.5 Å². The molecule has 0 N–H and O–H groups in total. The topological polar surface area (TPSA) is 56.5 Å². The van der Waals surface area contributed by atoms with Crippen LogP contribution in [0.3, 0.4) is 0 Å². The molecule has 0 spiro atoms. The summed E-state index contributed by atoms with van der Waals surface area (Å²) in [4.78, 5) is 20.0. The Morgan fingerprint density at radius 1 is 0.333 bits per heavy atom. The minimum atomic E-state index is -4.74. The van der Waals surface area contributed by atoms with E-state index >= 15 is 0 Å². The van der Waals surface area contributed by atoms with Crippen LogP contribution in [0.25, 0.3) is 95.3 Å². The number of hydrogen-bond donors (Lipinski definition) is 0. The summed E-state index contributed by atoms with van der Waals surface area (Å²) in [6.45, 7) is 0. The Morgan fingerprint density at radius 2 is 0.714 bits per heavy atom. The first kappa shape index (κ1) is 39.2. The van der Waals surface area contributed by atoms with Crippen LogP contribution in [-0.2, 0) is 12.4 Å². The standard InChI is InChI=1S/C52H31F6N5/c53-51(54,55)37-22-24-39-40-25-23-38(52(56,57)58)29-48(40)63(47(39)28-37)46-26-21-36(44-30-42(32-13-5-1-6-14-32)59-49(61-44)34-17-9-3-10-18-34)27-41(46)45-31-43(33-15-7-2-8-16-33)60-50(62-45)35-19-11-4-12-20-35/h1-31H. The highest BCUT2D eigenvalue weighted by atomic mass is 19.4. The normalized spacial score (nSPS) is 12.0. The Labute approximate surface area is 356 Å². The maximum absolute atomic E-state index is 14.4. The van der Waals surface area contributed by atoms with Crippen molar-refractivity contribution in [2.24, 2.45) is 0 Å². The van der Waals surface area contributed by atoms with E-state index < -0.39 is 23.5 Å². The van der Waals surface area contributed by atoms with Crippen molar-refractivity contribution in [3.05, 3.63) is 199 Å². The molecule has 0 fully saturated rings. The van der Waals surface area contributed by atoms with E-state index in [1.165, 1.54) is 16.7 Å². The van der Waals surface area contributed by atoms with Gasteiger partial charge in [-0.3, -0.25) is 0 Å². The number of halogens is 6. The molecule has 0 amide bonds. The molecule has 0 bridgehead atoms. The maximum atomic E-state index is 14.4. The van der Waals surface area contributed by atoms with Gasteiger partial charge in [-0.2, -0.15) is 26.3 Å². The Hall–Kier alpha value is -7.92. The molecule has 3 heterocycles. The van der Waals surface area contributed by atoms with Crippen molar-refractivity contribution in [2.75, 3.05) is 0 Å². The highest BCUT2D eigenvalue weighted by Crippen LogP contribution is 2.43. The van der Waals surface area contributed by atoms with Gasteiger partial charge in [-0.1, -0.05) is 140 Å². The molecule has 0 atom stereocenters. The number of benzene rings is 7. The molecule has 0 aliphatic heterocycles. The first-order valence-electron chi connectivity index (χ1n) is 19.9. The molecule has 0 unspecified atom stereocenters. The predicted molar refractivity (Wildman–Crippen MR) is 235 cm³/mol. The molecule has 0 saturated heterocycles. The van der Waals surface area contributed by atoms with Gasteiger partial charge in [-0.25, -0.2) is 19.9 Å². The summed E-state index contributed by atoms with van der Waals surface area (Å²) in [6.07, 6.45) is -9.47. The van der Waals surface area contributed by atoms with Crippen LogP contribution in [0.5, 0.6) is 0 Å². The fraction of sp³-hybridized carbons (Fsp3) is 0.0385. The molecule has 3 aromatic heterocycles. The third-order valence-corrected chi connectivity index (χ3v) is 10.9. The molecule has 0 radical (unpaired) electrons. The summed E-state index contributed by atoms with van der Waals surface area (Å²) in [6, 6.07) is 53.3. The van der Waals surface area contributed by atoms with Crippen LogP contribution in [0.1, 0.15) is 11.1 Å². The number of rotatable bonds is 7. The summed E-state index contributed by atoms with van der Waals surface area (Å²) < 4.78 is 88.1. The number of nitrogens with zero attached hydrogens (tertiary/aromatic N) is 5. The maximum Gasteiger partial charge on any atom is 0.416 e. The number of fused-ring (bicyclic) bond motifs is 3. The highest BCUT2D eigenvalue weighted by Gasteiger charge is 2.34. The molecule has 7 aromatic carbocycles. The van der Waals surface area contributed by atoms with Crippen LogP contribution < -0.4 is 0 Å². The SMILES string of the molecule is FC(F)(F)c1ccc2c3ccc(C(F)(F)F)cc3n(-c3ccc(-c4cc(-c5ccccc5)nc(-c5ccccc5)n4)cc3-c3cc(-c4ccccc4)nc(-c4ccccc4)n3)c2c1. The van der Waals surface area contributed by atoms with E-state index in [1.54, 1.807) is 18.2 Å². The molecule has 10 aromatic rings. The third kappa shape index (κ3) is 7.58. The van der Waals surface area contributed by atoms with Crippen LogP contribution in [0.2, 0.25) is 0 Å². The lowest BCUT2D eigenvalue weighted by atomic mass is 9.99. The largest absolute Gasteiger partial charge is 0.416 e. The van der Waals surface area contributed by atoms with Gasteiger partial charge in [0.1, 0.15) is 0 Å². The fourth-order valence-corrected chi connectivity index (χ4v) is 7.85. The Balaban J connectivity index is 1.31. The van der Waals surface area contributed by atoms with Gasteiger partial charge in [0.15, 0.2) is 11.6 Å². The second kappa shape index (κ2) is 15.5. The molecule has 0 saturated carbocycles. The van der Waals surface area contributed by atoms with Gasteiger partial charge in [0.25, 0.3) is 0 Å². The Morgan fingerprint density at radius 3 is 1.14 bits per heavy atom. The van der Waals surface area contributed by atoms with E-state index in [4.69, 9.17) is 19.9 Å². The zero-order chi connectivity index (χ0) is 43.3. The van der Waals surface area contributed by atoms with Crippen LogP contribution >= 0.6 is 0 Å². The van der Waals surface area contributed by atoms with Gasteiger partial charge in [0, 0.05) is 44.2 Å². The van der Waals surface area contributed by atoms with Crippen molar-refractivity contribution >= 4 is 21.8 Å². The monoisotopic (exact) mass is 839 g/mol. The lowest BCUT2D eigenvalue weighted by molar-refractivity contribution is -0.138. The van der Waals surface area contributed by atoms with Gasteiger partial charge < -0.3 is 4.57 Å². The Kier molecular flexibility index (Phi) is 9.67. The average molecular weight is 840 g/mol. The quantitative estimate of drug-likeness (QED) is 0.150. The Bertz CT molecular complexity index is 3110. The molecule has 0 aliphatic rings. The molecular weight excluding hydrogens is 809 g/mol. The summed E-state index contributed by atoms with van der Waals surface area (Å²) in [5, 5.41) is 0.686. The van der Waals surface area contributed by atoms with Crippen molar-refractivity contribution < 1.29 is 26.3 Å². The summed E-state index contributed by atoms with van der Waals surface area (Å²) in [7, 11) is 0. The van der Waals surface area contributed by atoms with Crippen LogP contribution in [0, 0.1) is 0 Å². The number of hydrogen-bond acceptors (Lipinski definition) is 4. The van der Waals surface area contributed by atoms with Gasteiger partial charge in [-0.15, -0.1) is 0 Å². The molecule has 0 aliphatic carbocycles. The van der Waals surface area contributed by atoms with Crippen LogP contribution in [0.15, 0.2) is 188 Å². The zero-order valence-electron chi connectivity index (χ0n) is 32.9. The average Bonchev–Trinajstić information content (AvgIpc) is 3.64. The number of aromatic nitrogens is 5. The first-order valence-corrected chi connectivity index (χ1v) is 19.9. The van der Waals surface area contributed by atoms with Crippen molar-refractivity contribution in [2.45, 2.75) is 12.4 Å². The molecular formula is C52H31F6N5.